The summed E-state index contributed by atoms with van der Waals surface area (Å²) in [7, 11) is 0. The van der Waals surface area contributed by atoms with Gasteiger partial charge in [0.25, 0.3) is 5.91 Å². The number of amides is 1. The third-order valence-corrected chi connectivity index (χ3v) is 2.89. The molecule has 20 heavy (non-hydrogen) atoms. The standard InChI is InChI=1S/C14H18N4O2/c1-9(2)18(8-13-16-11(4)20-17-13)14(19)12-5-10(3)6-15-7-12/h5-7,9H,8H2,1-4H3. The third kappa shape index (κ3) is 3.20. The van der Waals surface area contributed by atoms with Crippen molar-refractivity contribution in [2.24, 2.45) is 0 Å². The van der Waals surface area contributed by atoms with Gasteiger partial charge in [-0.3, -0.25) is 9.78 Å². The van der Waals surface area contributed by atoms with Crippen LogP contribution in [-0.2, 0) is 6.54 Å². The molecular weight excluding hydrogens is 256 g/mol. The van der Waals surface area contributed by atoms with E-state index in [1.807, 2.05) is 26.8 Å². The normalized spacial score (nSPS) is 10.8. The first-order valence-corrected chi connectivity index (χ1v) is 6.49. The molecule has 0 radical (unpaired) electrons. The molecule has 0 bridgehead atoms. The first kappa shape index (κ1) is 14.2. The molecule has 2 aromatic heterocycles. The molecule has 0 spiro atoms. The van der Waals surface area contributed by atoms with Crippen molar-refractivity contribution in [3.05, 3.63) is 41.3 Å². The van der Waals surface area contributed by atoms with Gasteiger partial charge in [0.15, 0.2) is 5.82 Å². The number of aromatic nitrogens is 3. The molecule has 2 heterocycles. The Kier molecular flexibility index (Phi) is 4.12. The molecule has 6 nitrogen and oxygen atoms in total. The molecule has 1 amide bonds. The smallest absolute Gasteiger partial charge is 0.256 e. The third-order valence-electron chi connectivity index (χ3n) is 2.89. The van der Waals surface area contributed by atoms with Crippen LogP contribution < -0.4 is 0 Å². The van der Waals surface area contributed by atoms with E-state index in [1.165, 1.54) is 0 Å². The molecule has 0 unspecified atom stereocenters. The minimum Gasteiger partial charge on any atom is -0.340 e. The molecule has 0 aromatic carbocycles. The van der Waals surface area contributed by atoms with Crippen LogP contribution in [0.1, 0.15) is 41.5 Å². The lowest BCUT2D eigenvalue weighted by Crippen LogP contribution is -2.36. The monoisotopic (exact) mass is 274 g/mol. The van der Waals surface area contributed by atoms with Crippen molar-refractivity contribution in [1.29, 1.82) is 0 Å². The average molecular weight is 274 g/mol. The van der Waals surface area contributed by atoms with Crippen LogP contribution in [0, 0.1) is 13.8 Å². The number of rotatable bonds is 4. The minimum absolute atomic E-state index is 0.0295. The van der Waals surface area contributed by atoms with Gasteiger partial charge in [-0.2, -0.15) is 4.98 Å². The van der Waals surface area contributed by atoms with E-state index in [2.05, 4.69) is 15.1 Å². The predicted molar refractivity (Wildman–Crippen MR) is 73.0 cm³/mol. The minimum atomic E-state index is -0.0846. The molecule has 0 fully saturated rings. The summed E-state index contributed by atoms with van der Waals surface area (Å²) in [5.41, 5.74) is 1.52. The van der Waals surface area contributed by atoms with Crippen LogP contribution in [-0.4, -0.2) is 32.0 Å². The lowest BCUT2D eigenvalue weighted by atomic mass is 10.1. The Morgan fingerprint density at radius 1 is 1.35 bits per heavy atom. The Labute approximate surface area is 117 Å². The van der Waals surface area contributed by atoms with Gasteiger partial charge in [-0.25, -0.2) is 0 Å². The topological polar surface area (TPSA) is 72.1 Å². The summed E-state index contributed by atoms with van der Waals surface area (Å²) >= 11 is 0. The summed E-state index contributed by atoms with van der Waals surface area (Å²) in [5.74, 6) is 0.914. The van der Waals surface area contributed by atoms with Crippen LogP contribution in [0.25, 0.3) is 0 Å². The zero-order chi connectivity index (χ0) is 14.7. The molecule has 0 aliphatic carbocycles. The van der Waals surface area contributed by atoms with Crippen molar-refractivity contribution in [3.8, 4) is 0 Å². The molecule has 2 rings (SSSR count). The highest BCUT2D eigenvalue weighted by molar-refractivity contribution is 5.94. The van der Waals surface area contributed by atoms with Gasteiger partial charge in [-0.1, -0.05) is 5.16 Å². The Balaban J connectivity index is 2.22. The fourth-order valence-electron chi connectivity index (χ4n) is 1.88. The van der Waals surface area contributed by atoms with Gasteiger partial charge in [0.05, 0.1) is 12.1 Å². The summed E-state index contributed by atoms with van der Waals surface area (Å²) in [6.45, 7) is 7.86. The summed E-state index contributed by atoms with van der Waals surface area (Å²) in [4.78, 5) is 22.4. The molecule has 2 aromatic rings. The fourth-order valence-corrected chi connectivity index (χ4v) is 1.88. The first-order valence-electron chi connectivity index (χ1n) is 6.49. The molecule has 0 saturated carbocycles. The predicted octanol–water partition coefficient (Wildman–Crippen LogP) is 2.13. The van der Waals surface area contributed by atoms with Gasteiger partial charge >= 0.3 is 0 Å². The van der Waals surface area contributed by atoms with Crippen LogP contribution in [0.2, 0.25) is 0 Å². The molecule has 106 valence electrons. The molecule has 0 aliphatic rings. The molecular formula is C14H18N4O2. The van der Waals surface area contributed by atoms with Crippen molar-refractivity contribution in [2.75, 3.05) is 0 Å². The first-order chi connectivity index (χ1) is 9.47. The number of carbonyl (C=O) groups excluding carboxylic acids is 1. The number of aryl methyl sites for hydroxylation is 2. The highest BCUT2D eigenvalue weighted by Crippen LogP contribution is 2.12. The van der Waals surface area contributed by atoms with Gasteiger partial charge in [0.2, 0.25) is 5.89 Å². The Bertz CT molecular complexity index is 607. The number of pyridine rings is 1. The summed E-state index contributed by atoms with van der Waals surface area (Å²) in [5, 5.41) is 3.84. The SMILES string of the molecule is Cc1cncc(C(=O)N(Cc2noc(C)n2)C(C)C)c1. The zero-order valence-electron chi connectivity index (χ0n) is 12.1. The average Bonchev–Trinajstić information content (AvgIpc) is 2.80. The Morgan fingerprint density at radius 2 is 2.10 bits per heavy atom. The lowest BCUT2D eigenvalue weighted by Gasteiger charge is -2.25. The van der Waals surface area contributed by atoms with E-state index < -0.39 is 0 Å². The van der Waals surface area contributed by atoms with Crippen molar-refractivity contribution in [2.45, 2.75) is 40.3 Å². The molecule has 0 N–H and O–H groups in total. The zero-order valence-corrected chi connectivity index (χ0v) is 12.1. The van der Waals surface area contributed by atoms with Gasteiger partial charge < -0.3 is 9.42 Å². The largest absolute Gasteiger partial charge is 0.340 e. The van der Waals surface area contributed by atoms with Crippen molar-refractivity contribution in [1.82, 2.24) is 20.0 Å². The second-order valence-corrected chi connectivity index (χ2v) is 5.01. The lowest BCUT2D eigenvalue weighted by molar-refractivity contribution is 0.0683. The van der Waals surface area contributed by atoms with Crippen LogP contribution in [0.15, 0.2) is 23.0 Å². The molecule has 0 atom stereocenters. The Hall–Kier alpha value is -2.24. The summed E-state index contributed by atoms with van der Waals surface area (Å²) < 4.78 is 4.94. The van der Waals surface area contributed by atoms with E-state index >= 15 is 0 Å². The van der Waals surface area contributed by atoms with Gasteiger partial charge in [0, 0.05) is 25.4 Å². The molecule has 6 heteroatoms. The Morgan fingerprint density at radius 3 is 2.65 bits per heavy atom. The van der Waals surface area contributed by atoms with Crippen molar-refractivity contribution < 1.29 is 9.32 Å². The number of carbonyl (C=O) groups is 1. The van der Waals surface area contributed by atoms with E-state index in [0.717, 1.165) is 5.56 Å². The number of nitrogens with zero attached hydrogens (tertiary/aromatic N) is 4. The van der Waals surface area contributed by atoms with E-state index in [-0.39, 0.29) is 11.9 Å². The van der Waals surface area contributed by atoms with E-state index in [0.29, 0.717) is 23.8 Å². The van der Waals surface area contributed by atoms with Crippen LogP contribution in [0.5, 0.6) is 0 Å². The van der Waals surface area contributed by atoms with Gasteiger partial charge in [-0.15, -0.1) is 0 Å². The fraction of sp³-hybridized carbons (Fsp3) is 0.429. The maximum absolute atomic E-state index is 12.5. The van der Waals surface area contributed by atoms with E-state index in [9.17, 15) is 4.79 Å². The second-order valence-electron chi connectivity index (χ2n) is 5.01. The van der Waals surface area contributed by atoms with E-state index in [1.54, 1.807) is 24.2 Å². The molecule has 0 saturated heterocycles. The number of hydrogen-bond donors (Lipinski definition) is 0. The molecule has 0 aliphatic heterocycles. The highest BCUT2D eigenvalue weighted by Gasteiger charge is 2.21. The maximum atomic E-state index is 12.5. The summed E-state index contributed by atoms with van der Waals surface area (Å²) in [6, 6.07) is 1.86. The maximum Gasteiger partial charge on any atom is 0.256 e. The second kappa shape index (κ2) is 5.81. The number of hydrogen-bond acceptors (Lipinski definition) is 5. The highest BCUT2D eigenvalue weighted by atomic mass is 16.5. The van der Waals surface area contributed by atoms with Crippen LogP contribution >= 0.6 is 0 Å². The van der Waals surface area contributed by atoms with Crippen LogP contribution in [0.4, 0.5) is 0 Å². The van der Waals surface area contributed by atoms with Crippen molar-refractivity contribution in [3.63, 3.8) is 0 Å². The van der Waals surface area contributed by atoms with E-state index in [4.69, 9.17) is 4.52 Å². The van der Waals surface area contributed by atoms with Crippen molar-refractivity contribution >= 4 is 5.91 Å². The van der Waals surface area contributed by atoms with Gasteiger partial charge in [-0.05, 0) is 32.4 Å². The quantitative estimate of drug-likeness (QED) is 0.854. The van der Waals surface area contributed by atoms with Crippen LogP contribution in [0.3, 0.4) is 0 Å². The van der Waals surface area contributed by atoms with Gasteiger partial charge in [0.1, 0.15) is 0 Å². The summed E-state index contributed by atoms with van der Waals surface area (Å²) in [6.07, 6.45) is 3.30.